The Kier molecular flexibility index (Phi) is 5.26. The highest BCUT2D eigenvalue weighted by atomic mass is 28.4. The smallest absolute Gasteiger partial charge is 0.276 e. The van der Waals surface area contributed by atoms with Crippen molar-refractivity contribution in [2.45, 2.75) is 71.9 Å². The SMILES string of the molecule is CCC[N+](C)(O[Si](C)(C)C(C)(C)C)[Si](C)(C)C. The van der Waals surface area contributed by atoms with Gasteiger partial charge >= 0.3 is 8.24 Å². The van der Waals surface area contributed by atoms with E-state index in [-0.39, 0.29) is 0 Å². The minimum absolute atomic E-state index is 0.292. The number of hydrogen-bond donors (Lipinski definition) is 0. The van der Waals surface area contributed by atoms with Gasteiger partial charge in [-0.25, -0.2) is 0 Å². The van der Waals surface area contributed by atoms with Gasteiger partial charge in [-0.3, -0.25) is 8.84 Å². The summed E-state index contributed by atoms with van der Waals surface area (Å²) in [5, 5.41) is 0.292. The summed E-state index contributed by atoms with van der Waals surface area (Å²) in [6.45, 7) is 22.3. The molecule has 0 aromatic heterocycles. The van der Waals surface area contributed by atoms with E-state index in [0.29, 0.717) is 5.04 Å². The van der Waals surface area contributed by atoms with Crippen LogP contribution >= 0.6 is 0 Å². The van der Waals surface area contributed by atoms with E-state index in [9.17, 15) is 0 Å². The highest BCUT2D eigenvalue weighted by Crippen LogP contribution is 2.39. The molecular formula is C13H34NOSi2+. The summed E-state index contributed by atoms with van der Waals surface area (Å²) in [7, 11) is -0.749. The molecule has 0 aromatic rings. The molecule has 0 aliphatic heterocycles. The maximum absolute atomic E-state index is 6.73. The van der Waals surface area contributed by atoms with E-state index in [1.807, 2.05) is 0 Å². The summed E-state index contributed by atoms with van der Waals surface area (Å²) in [6, 6.07) is 0. The summed E-state index contributed by atoms with van der Waals surface area (Å²) >= 11 is 0. The van der Waals surface area contributed by atoms with Crippen LogP contribution in [-0.4, -0.2) is 34.5 Å². The van der Waals surface area contributed by atoms with Crippen molar-refractivity contribution in [2.24, 2.45) is 0 Å². The largest absolute Gasteiger partial charge is 0.306 e. The van der Waals surface area contributed by atoms with Gasteiger partial charge in [-0.05, 0) is 44.2 Å². The van der Waals surface area contributed by atoms with Crippen LogP contribution in [0.5, 0.6) is 0 Å². The molecule has 0 aliphatic carbocycles. The molecule has 1 unspecified atom stereocenters. The lowest BCUT2D eigenvalue weighted by Gasteiger charge is -2.49. The standard InChI is InChI=1S/C13H34NOSi2/c1-11-12-14(5,16(6,7)8)15-17(9,10)13(2,3)4/h11-12H2,1-10H3/q+1. The van der Waals surface area contributed by atoms with Crippen molar-refractivity contribution in [3.8, 4) is 0 Å². The van der Waals surface area contributed by atoms with Crippen LogP contribution in [0.15, 0.2) is 0 Å². The second-order valence-electron chi connectivity index (χ2n) is 7.85. The number of rotatable bonds is 5. The topological polar surface area (TPSA) is 9.23 Å². The Hall–Kier alpha value is 0.354. The molecule has 1 atom stereocenters. The van der Waals surface area contributed by atoms with E-state index in [1.165, 1.54) is 6.42 Å². The second kappa shape index (κ2) is 5.15. The first-order valence-corrected chi connectivity index (χ1v) is 13.2. The van der Waals surface area contributed by atoms with Crippen molar-refractivity contribution in [1.29, 1.82) is 0 Å². The minimum atomic E-state index is -1.68. The Labute approximate surface area is 111 Å². The molecule has 0 aromatic carbocycles. The molecule has 0 N–H and O–H groups in total. The third-order valence-electron chi connectivity index (χ3n) is 4.31. The molecule has 0 saturated heterocycles. The van der Waals surface area contributed by atoms with Gasteiger partial charge in [0.2, 0.25) is 0 Å². The van der Waals surface area contributed by atoms with Crippen LogP contribution in [0.2, 0.25) is 37.8 Å². The Balaban J connectivity index is 5.15. The quantitative estimate of drug-likeness (QED) is 0.526. The van der Waals surface area contributed by atoms with Crippen LogP contribution < -0.4 is 0 Å². The molecular weight excluding hydrogens is 242 g/mol. The first-order valence-electron chi connectivity index (χ1n) is 6.83. The number of hydrogen-bond acceptors (Lipinski definition) is 1. The zero-order chi connectivity index (χ0) is 14.1. The predicted octanol–water partition coefficient (Wildman–Crippen LogP) is 4.61. The zero-order valence-electron chi connectivity index (χ0n) is 13.8. The molecule has 0 fully saturated rings. The molecule has 0 bridgehead atoms. The molecule has 0 radical (unpaired) electrons. The minimum Gasteiger partial charge on any atom is -0.276 e. The third-order valence-corrected chi connectivity index (χ3v) is 12.1. The van der Waals surface area contributed by atoms with Gasteiger partial charge in [-0.15, -0.1) is 0 Å². The van der Waals surface area contributed by atoms with E-state index in [0.717, 1.165) is 10.9 Å². The van der Waals surface area contributed by atoms with Crippen LogP contribution in [0.25, 0.3) is 0 Å². The molecule has 0 saturated carbocycles. The Morgan fingerprint density at radius 1 is 1.00 bits per heavy atom. The monoisotopic (exact) mass is 276 g/mol. The van der Waals surface area contributed by atoms with Crippen molar-refractivity contribution in [2.75, 3.05) is 13.6 Å². The Morgan fingerprint density at radius 2 is 1.41 bits per heavy atom. The van der Waals surface area contributed by atoms with Crippen molar-refractivity contribution in [3.63, 3.8) is 0 Å². The van der Waals surface area contributed by atoms with Gasteiger partial charge in [0.15, 0.2) is 0 Å². The summed E-state index contributed by atoms with van der Waals surface area (Å²) in [5.74, 6) is 0. The zero-order valence-corrected chi connectivity index (χ0v) is 15.8. The third kappa shape index (κ3) is 4.19. The van der Waals surface area contributed by atoms with Crippen LogP contribution in [0.4, 0.5) is 0 Å². The van der Waals surface area contributed by atoms with Crippen molar-refractivity contribution in [1.82, 2.24) is 0 Å². The van der Waals surface area contributed by atoms with Crippen LogP contribution in [-0.2, 0) is 4.53 Å². The average molecular weight is 277 g/mol. The molecule has 0 heterocycles. The Morgan fingerprint density at radius 3 is 1.65 bits per heavy atom. The van der Waals surface area contributed by atoms with Gasteiger partial charge < -0.3 is 0 Å². The molecule has 0 spiro atoms. The van der Waals surface area contributed by atoms with Gasteiger partial charge in [0.05, 0.1) is 13.6 Å². The lowest BCUT2D eigenvalue weighted by atomic mass is 10.2. The summed E-state index contributed by atoms with van der Waals surface area (Å²) in [4.78, 5) is 0. The predicted molar refractivity (Wildman–Crippen MR) is 83.0 cm³/mol. The maximum atomic E-state index is 6.73. The molecule has 2 nitrogen and oxygen atoms in total. The molecule has 104 valence electrons. The van der Waals surface area contributed by atoms with E-state index in [1.54, 1.807) is 0 Å². The number of hydroxylamine groups is 2. The lowest BCUT2D eigenvalue weighted by molar-refractivity contribution is -0.991. The van der Waals surface area contributed by atoms with Gasteiger partial charge in [0, 0.05) is 0 Å². The van der Waals surface area contributed by atoms with Gasteiger partial charge in [-0.1, -0.05) is 27.7 Å². The molecule has 17 heavy (non-hydrogen) atoms. The lowest BCUT2D eigenvalue weighted by Crippen LogP contribution is -2.66. The van der Waals surface area contributed by atoms with Crippen LogP contribution in [0.3, 0.4) is 0 Å². The van der Waals surface area contributed by atoms with E-state index in [4.69, 9.17) is 4.53 Å². The maximum Gasteiger partial charge on any atom is 0.306 e. The summed E-state index contributed by atoms with van der Waals surface area (Å²) in [6.07, 6.45) is 1.19. The first-order chi connectivity index (χ1) is 7.27. The fourth-order valence-electron chi connectivity index (χ4n) is 1.59. The summed E-state index contributed by atoms with van der Waals surface area (Å²) < 4.78 is 7.59. The molecule has 0 amide bonds. The number of quaternary nitrogens is 1. The van der Waals surface area contributed by atoms with Crippen molar-refractivity contribution in [3.05, 3.63) is 0 Å². The van der Waals surface area contributed by atoms with E-state index < -0.39 is 16.6 Å². The highest BCUT2D eigenvalue weighted by molar-refractivity contribution is 6.75. The number of nitrogens with zero attached hydrogens (tertiary/aromatic N) is 1. The summed E-state index contributed by atoms with van der Waals surface area (Å²) in [5.41, 5.74) is 0. The molecule has 0 aliphatic rings. The van der Waals surface area contributed by atoms with Gasteiger partial charge in [0.1, 0.15) is 0 Å². The van der Waals surface area contributed by atoms with E-state index in [2.05, 4.69) is 67.5 Å². The van der Waals surface area contributed by atoms with Crippen molar-refractivity contribution < 1.29 is 8.84 Å². The molecule has 0 rings (SSSR count). The van der Waals surface area contributed by atoms with Crippen LogP contribution in [0.1, 0.15) is 34.1 Å². The Bertz CT molecular complexity index is 253. The molecule has 4 heteroatoms. The average Bonchev–Trinajstić information content (AvgIpc) is 1.98. The van der Waals surface area contributed by atoms with Crippen LogP contribution in [0, 0.1) is 0 Å². The fraction of sp³-hybridized carbons (Fsp3) is 1.00. The highest BCUT2D eigenvalue weighted by Gasteiger charge is 2.50. The van der Waals surface area contributed by atoms with Gasteiger partial charge in [0.25, 0.3) is 8.32 Å². The second-order valence-corrected chi connectivity index (χ2v) is 17.8. The van der Waals surface area contributed by atoms with Crippen molar-refractivity contribution >= 4 is 16.6 Å². The van der Waals surface area contributed by atoms with Gasteiger partial charge in [-0.2, -0.15) is 0 Å². The fourth-order valence-corrected chi connectivity index (χ4v) is 5.63. The first kappa shape index (κ1) is 17.4. The van der Waals surface area contributed by atoms with E-state index >= 15 is 0 Å². The normalized spacial score (nSPS) is 18.0.